The van der Waals surface area contributed by atoms with Gasteiger partial charge in [0.2, 0.25) is 0 Å². The average molecular weight is 555 g/mol. The molecule has 6 nitrogen and oxygen atoms in total. The zero-order chi connectivity index (χ0) is 29.8. The second-order valence-corrected chi connectivity index (χ2v) is 14.5. The molecule has 0 heterocycles. The van der Waals surface area contributed by atoms with Gasteiger partial charge in [-0.2, -0.15) is 0 Å². The Kier molecular flexibility index (Phi) is 8.01. The Balaban J connectivity index is 1.79. The molecule has 0 saturated heterocycles. The molecule has 222 valence electrons. The third kappa shape index (κ3) is 4.67. The van der Waals surface area contributed by atoms with Crippen molar-refractivity contribution < 1.29 is 29.0 Å². The Morgan fingerprint density at radius 3 is 2.17 bits per heavy atom. The van der Waals surface area contributed by atoms with Gasteiger partial charge in [0.1, 0.15) is 12.2 Å². The second kappa shape index (κ2) is 10.5. The van der Waals surface area contributed by atoms with Crippen LogP contribution in [-0.4, -0.2) is 35.2 Å². The molecule has 0 aliphatic heterocycles. The molecule has 0 aromatic heterocycles. The lowest BCUT2D eigenvalue weighted by Crippen LogP contribution is -2.56. The van der Waals surface area contributed by atoms with Crippen LogP contribution >= 0.6 is 0 Å². The zero-order valence-electron chi connectivity index (χ0n) is 26.1. The standard InChI is InChI=1S/C34H50O6/c1-20(2)11-10-12-23(30(37)38)26-19-29(40-22(4)36)34(9)25-13-14-27-31(5,6)28(39-21(3)35)16-17-32(27,7)24(25)15-18-33(26,34)8/h11,13,15,23,26-29H,10,12,14,16-19H2,1-9H3,(H,37,38)/t23-,26-,27+,28+,29+,32-,33-,34-/m1/s1. The number of hydrogen-bond donors (Lipinski definition) is 1. The fourth-order valence-electron chi connectivity index (χ4n) is 9.47. The number of carbonyl (C=O) groups excluding carboxylic acids is 2. The van der Waals surface area contributed by atoms with Crippen LogP contribution in [-0.2, 0) is 23.9 Å². The van der Waals surface area contributed by atoms with E-state index in [0.29, 0.717) is 18.8 Å². The number of rotatable bonds is 7. The van der Waals surface area contributed by atoms with E-state index < -0.39 is 17.3 Å². The molecular weight excluding hydrogens is 504 g/mol. The summed E-state index contributed by atoms with van der Waals surface area (Å²) in [5.74, 6) is -1.64. The average Bonchev–Trinajstić information content (AvgIpc) is 3.05. The van der Waals surface area contributed by atoms with Crippen LogP contribution in [0.2, 0.25) is 0 Å². The smallest absolute Gasteiger partial charge is 0.306 e. The third-order valence-electron chi connectivity index (χ3n) is 11.7. The maximum absolute atomic E-state index is 12.7. The predicted octanol–water partition coefficient (Wildman–Crippen LogP) is 7.43. The first-order chi connectivity index (χ1) is 18.5. The van der Waals surface area contributed by atoms with Crippen molar-refractivity contribution in [2.45, 2.75) is 119 Å². The Bertz CT molecular complexity index is 1150. The molecule has 0 bridgehead atoms. The maximum atomic E-state index is 12.7. The zero-order valence-corrected chi connectivity index (χ0v) is 26.1. The lowest BCUT2D eigenvalue weighted by Gasteiger charge is -2.61. The van der Waals surface area contributed by atoms with E-state index in [1.54, 1.807) is 0 Å². The van der Waals surface area contributed by atoms with Crippen molar-refractivity contribution in [2.24, 2.45) is 39.4 Å². The molecule has 0 amide bonds. The van der Waals surface area contributed by atoms with Gasteiger partial charge in [0.05, 0.1) is 5.92 Å². The number of esters is 2. The van der Waals surface area contributed by atoms with E-state index in [1.165, 1.54) is 30.6 Å². The monoisotopic (exact) mass is 554 g/mol. The van der Waals surface area contributed by atoms with Crippen molar-refractivity contribution in [2.75, 3.05) is 0 Å². The van der Waals surface area contributed by atoms with Crippen LogP contribution in [0.5, 0.6) is 0 Å². The van der Waals surface area contributed by atoms with Crippen LogP contribution < -0.4 is 0 Å². The van der Waals surface area contributed by atoms with Crippen molar-refractivity contribution in [3.05, 3.63) is 34.9 Å². The Labute approximate surface area is 240 Å². The number of ether oxygens (including phenoxy) is 2. The Morgan fingerprint density at radius 2 is 1.60 bits per heavy atom. The molecule has 2 fully saturated rings. The third-order valence-corrected chi connectivity index (χ3v) is 11.7. The largest absolute Gasteiger partial charge is 0.481 e. The highest BCUT2D eigenvalue weighted by Gasteiger charge is 2.68. The van der Waals surface area contributed by atoms with Crippen molar-refractivity contribution in [1.29, 1.82) is 0 Å². The molecule has 0 unspecified atom stereocenters. The normalized spacial score (nSPS) is 38.4. The van der Waals surface area contributed by atoms with Crippen molar-refractivity contribution >= 4 is 17.9 Å². The van der Waals surface area contributed by atoms with E-state index in [-0.39, 0.29) is 46.3 Å². The summed E-state index contributed by atoms with van der Waals surface area (Å²) >= 11 is 0. The van der Waals surface area contributed by atoms with Gasteiger partial charge < -0.3 is 14.6 Å². The van der Waals surface area contributed by atoms with Gasteiger partial charge in [-0.25, -0.2) is 0 Å². The maximum Gasteiger partial charge on any atom is 0.306 e. The SMILES string of the molecule is CC(=O)O[C@H]1CC[C@]2(C)C3=CC[C@]4(C)[C@@H]([C@@H](CCC=C(C)C)C(=O)O)C[C@H](OC(C)=O)[C@@]4(C)C3=CC[C@H]2C1(C)C. The van der Waals surface area contributed by atoms with E-state index in [0.717, 1.165) is 32.1 Å². The molecule has 0 aromatic rings. The van der Waals surface area contributed by atoms with E-state index >= 15 is 0 Å². The van der Waals surface area contributed by atoms with E-state index in [1.807, 2.05) is 13.8 Å². The summed E-state index contributed by atoms with van der Waals surface area (Å²) in [5, 5.41) is 10.4. The lowest BCUT2D eigenvalue weighted by atomic mass is 9.44. The fraction of sp³-hybridized carbons (Fsp3) is 0.735. The predicted molar refractivity (Wildman–Crippen MR) is 155 cm³/mol. The van der Waals surface area contributed by atoms with Crippen LogP contribution in [0.3, 0.4) is 0 Å². The topological polar surface area (TPSA) is 89.9 Å². The van der Waals surface area contributed by atoms with Crippen LogP contribution in [0.25, 0.3) is 0 Å². The number of fused-ring (bicyclic) bond motifs is 5. The van der Waals surface area contributed by atoms with Crippen molar-refractivity contribution in [3.63, 3.8) is 0 Å². The molecule has 4 aliphatic carbocycles. The van der Waals surface area contributed by atoms with Gasteiger partial charge in [-0.05, 0) is 92.6 Å². The van der Waals surface area contributed by atoms with E-state index in [9.17, 15) is 19.5 Å². The molecule has 8 atom stereocenters. The highest BCUT2D eigenvalue weighted by Crippen LogP contribution is 2.72. The summed E-state index contributed by atoms with van der Waals surface area (Å²) in [6.07, 6.45) is 11.5. The number of hydrogen-bond acceptors (Lipinski definition) is 5. The number of aliphatic carboxylic acids is 1. The van der Waals surface area contributed by atoms with Gasteiger partial charge in [-0.15, -0.1) is 0 Å². The van der Waals surface area contributed by atoms with Gasteiger partial charge >= 0.3 is 17.9 Å². The minimum atomic E-state index is -0.760. The first-order valence-corrected chi connectivity index (χ1v) is 15.1. The number of carboxylic acid groups (broad SMARTS) is 1. The Hall–Kier alpha value is -2.37. The summed E-state index contributed by atoms with van der Waals surface area (Å²) < 4.78 is 11.9. The number of carbonyl (C=O) groups is 3. The molecule has 2 saturated carbocycles. The molecule has 4 aliphatic rings. The van der Waals surface area contributed by atoms with Crippen LogP contribution in [0.4, 0.5) is 0 Å². The lowest BCUT2D eigenvalue weighted by molar-refractivity contribution is -0.166. The molecule has 4 rings (SSSR count). The summed E-state index contributed by atoms with van der Waals surface area (Å²) in [5.41, 5.74) is 2.58. The number of carboxylic acids is 1. The fourth-order valence-corrected chi connectivity index (χ4v) is 9.47. The Morgan fingerprint density at radius 1 is 0.975 bits per heavy atom. The first-order valence-electron chi connectivity index (χ1n) is 15.1. The molecule has 0 spiro atoms. The van der Waals surface area contributed by atoms with E-state index in [2.05, 4.69) is 52.8 Å². The summed E-state index contributed by atoms with van der Waals surface area (Å²) in [6, 6.07) is 0. The van der Waals surface area contributed by atoms with Gasteiger partial charge in [0.25, 0.3) is 0 Å². The second-order valence-electron chi connectivity index (χ2n) is 14.5. The highest BCUT2D eigenvalue weighted by atomic mass is 16.5. The van der Waals surface area contributed by atoms with Crippen molar-refractivity contribution in [3.8, 4) is 0 Å². The molecule has 0 radical (unpaired) electrons. The molecule has 6 heteroatoms. The van der Waals surface area contributed by atoms with Gasteiger partial charge in [-0.3, -0.25) is 14.4 Å². The van der Waals surface area contributed by atoms with Crippen LogP contribution in [0, 0.1) is 39.4 Å². The van der Waals surface area contributed by atoms with Gasteiger partial charge in [-0.1, -0.05) is 58.4 Å². The first kappa shape index (κ1) is 30.6. The van der Waals surface area contributed by atoms with E-state index in [4.69, 9.17) is 9.47 Å². The summed E-state index contributed by atoms with van der Waals surface area (Å²) in [7, 11) is 0. The minimum absolute atomic E-state index is 0.108. The summed E-state index contributed by atoms with van der Waals surface area (Å²) in [4.78, 5) is 37.0. The summed E-state index contributed by atoms with van der Waals surface area (Å²) in [6.45, 7) is 18.3. The molecule has 1 N–H and O–H groups in total. The van der Waals surface area contributed by atoms with Crippen LogP contribution in [0.15, 0.2) is 34.9 Å². The highest BCUT2D eigenvalue weighted by molar-refractivity contribution is 5.71. The van der Waals surface area contributed by atoms with Crippen molar-refractivity contribution in [1.82, 2.24) is 0 Å². The molecule has 0 aromatic carbocycles. The molecule has 40 heavy (non-hydrogen) atoms. The minimum Gasteiger partial charge on any atom is -0.481 e. The molecular formula is C34H50O6. The van der Waals surface area contributed by atoms with Crippen LogP contribution in [0.1, 0.15) is 107 Å². The number of allylic oxidation sites excluding steroid dienone is 5. The van der Waals surface area contributed by atoms with Gasteiger partial charge in [0, 0.05) is 24.7 Å². The van der Waals surface area contributed by atoms with Gasteiger partial charge in [0.15, 0.2) is 0 Å². The quantitative estimate of drug-likeness (QED) is 0.260.